The fourth-order valence-corrected chi connectivity index (χ4v) is 13.8. The molecule has 10 rings (SSSR count). The fraction of sp³-hybridized carbons (Fsp3) is 0.483. The van der Waals surface area contributed by atoms with Crippen molar-refractivity contribution in [3.63, 3.8) is 0 Å². The SMILES string of the molecule is COc1ncc(NC(=O)C(=O)N2C[C@@H](C)CC[C@@H]2c2ccc3sc([C@@H]4CCN(C)C[C@H]4C)nc3c2)cc1C(N)=O.COc1ncc(NC(=O)C(=O)O)cc1C(N)=O.C[C@H]1CC[C@H](c2ccc3sc([C@@H]4CCN(C)C[C@H]4C)nc3c2)NC1. The number of carboxylic acids is 1. The van der Waals surface area contributed by atoms with Crippen molar-refractivity contribution in [3.05, 3.63) is 93.2 Å². The van der Waals surface area contributed by atoms with E-state index in [1.807, 2.05) is 16.7 Å². The number of hydrogen-bond donors (Lipinski definition) is 6. The van der Waals surface area contributed by atoms with Gasteiger partial charge in [-0.1, -0.05) is 39.8 Å². The largest absolute Gasteiger partial charge is 0.480 e. The second kappa shape index (κ2) is 26.6. The van der Waals surface area contributed by atoms with E-state index in [9.17, 15) is 28.8 Å². The quantitative estimate of drug-likeness (QED) is 0.0728. The summed E-state index contributed by atoms with van der Waals surface area (Å²) in [5, 5.41) is 19.2. The van der Waals surface area contributed by atoms with E-state index < -0.39 is 35.5 Å². The first-order chi connectivity index (χ1) is 38.7. The van der Waals surface area contributed by atoms with Crippen LogP contribution in [0.1, 0.15) is 132 Å². The van der Waals surface area contributed by atoms with Gasteiger partial charge in [-0.3, -0.25) is 24.0 Å². The first-order valence-electron chi connectivity index (χ1n) is 27.4. The second-order valence-electron chi connectivity index (χ2n) is 22.1. The topological polar surface area (TPSA) is 291 Å². The summed E-state index contributed by atoms with van der Waals surface area (Å²) >= 11 is 3.68. The van der Waals surface area contributed by atoms with Gasteiger partial charge < -0.3 is 56.7 Å². The molecule has 2 aromatic carbocycles. The van der Waals surface area contributed by atoms with Crippen LogP contribution in [0.4, 0.5) is 11.4 Å². The Kier molecular flexibility index (Phi) is 19.7. The van der Waals surface area contributed by atoms with Gasteiger partial charge in [0, 0.05) is 37.5 Å². The number of carbonyl (C=O) groups is 6. The van der Waals surface area contributed by atoms with Crippen molar-refractivity contribution in [2.75, 3.05) is 78.2 Å². The van der Waals surface area contributed by atoms with Gasteiger partial charge in [-0.05, 0) is 143 Å². The number of methoxy groups -OCH3 is 2. The average Bonchev–Trinajstić information content (AvgIpc) is 4.07. The third-order valence-corrected chi connectivity index (χ3v) is 18.1. The maximum absolute atomic E-state index is 13.5. The number of ether oxygens (including phenoxy) is 2. The summed E-state index contributed by atoms with van der Waals surface area (Å²) < 4.78 is 12.3. The van der Waals surface area contributed by atoms with E-state index in [4.69, 9.17) is 36.0 Å². The van der Waals surface area contributed by atoms with Gasteiger partial charge in [-0.15, -0.1) is 22.7 Å². The standard InChI is InChI=1S/C29H36N6O4S.C20H29N3S.C9H9N3O5/c1-16-5-7-23(18-6-8-24-22(11-18)33-28(40-24)20-9-10-34(3)15-17(20)2)35(14-16)29(38)26(37)32-19-12-21(25(30)36)27(39-4)31-13-19;1-13-4-6-17(21-11-13)15-5-7-19-18(10-15)22-20(24-19)16-8-9-23(3)12-14(16)2;1-17-8-5(6(10)13)2-4(3-11-8)12-7(14)9(15)16/h6,8,11-13,16-17,20,23H,5,7,9-10,14-15H2,1-4H3,(H2,30,36)(H,32,37);5,7,10,13-14,16-17,21H,4,6,8-9,11-12H2,1-3H3;2-3H,1H3,(H2,10,13)(H,12,14)(H,15,16)/t16-,17+,20+,23+;13-,14+,16+,17+;/m00./s1. The van der Waals surface area contributed by atoms with Crippen LogP contribution in [0, 0.1) is 23.7 Å². The number of fused-ring (bicyclic) bond motifs is 2. The molecule has 4 fully saturated rings. The molecule has 0 bridgehead atoms. The van der Waals surface area contributed by atoms with Crippen molar-refractivity contribution >= 4 is 90.0 Å². The van der Waals surface area contributed by atoms with Crippen molar-refractivity contribution in [2.45, 2.75) is 90.1 Å². The van der Waals surface area contributed by atoms with Crippen molar-refractivity contribution in [2.24, 2.45) is 35.1 Å². The molecule has 0 radical (unpaired) electrons. The maximum atomic E-state index is 13.5. The third-order valence-electron chi connectivity index (χ3n) is 15.8. The van der Waals surface area contributed by atoms with Gasteiger partial charge >= 0.3 is 23.7 Å². The smallest absolute Gasteiger partial charge is 0.394 e. The van der Waals surface area contributed by atoms with E-state index in [1.165, 1.54) is 90.7 Å². The van der Waals surface area contributed by atoms with Gasteiger partial charge in [-0.2, -0.15) is 0 Å². The zero-order chi connectivity index (χ0) is 58.2. The summed E-state index contributed by atoms with van der Waals surface area (Å²) in [6.45, 7) is 15.2. The zero-order valence-corrected chi connectivity index (χ0v) is 48.8. The number of primary amides is 2. The summed E-state index contributed by atoms with van der Waals surface area (Å²) in [4.78, 5) is 94.8. The van der Waals surface area contributed by atoms with Crippen LogP contribution in [0.15, 0.2) is 60.9 Å². The van der Waals surface area contributed by atoms with E-state index in [0.29, 0.717) is 36.3 Å². The molecule has 5 amide bonds. The van der Waals surface area contributed by atoms with Gasteiger partial charge in [0.05, 0.1) is 74.5 Å². The number of carboxylic acid groups (broad SMARTS) is 1. The van der Waals surface area contributed by atoms with Gasteiger partial charge in [0.2, 0.25) is 11.8 Å². The lowest BCUT2D eigenvalue weighted by atomic mass is 9.87. The molecule has 8 N–H and O–H groups in total. The Hall–Kier alpha value is -7.18. The minimum Gasteiger partial charge on any atom is -0.480 e. The lowest BCUT2D eigenvalue weighted by Crippen LogP contribution is -2.46. The third kappa shape index (κ3) is 14.7. The van der Waals surface area contributed by atoms with Crippen molar-refractivity contribution < 1.29 is 43.3 Å². The Balaban J connectivity index is 0.000000177. The monoisotopic (exact) mass is 1150 g/mol. The van der Waals surface area contributed by atoms with E-state index in [-0.39, 0.29) is 46.2 Å². The molecule has 4 aliphatic rings. The highest BCUT2D eigenvalue weighted by atomic mass is 32.1. The molecule has 432 valence electrons. The minimum absolute atomic E-state index is 0.00850. The average molecular weight is 1150 g/mol. The number of benzene rings is 2. The fourth-order valence-electron chi connectivity index (χ4n) is 11.3. The number of aliphatic carboxylic acids is 1. The molecule has 21 nitrogen and oxygen atoms in total. The Labute approximate surface area is 479 Å². The first-order valence-corrected chi connectivity index (χ1v) is 29.1. The van der Waals surface area contributed by atoms with Gasteiger partial charge in [-0.25, -0.2) is 24.7 Å². The second-order valence-corrected chi connectivity index (χ2v) is 24.3. The van der Waals surface area contributed by atoms with Crippen molar-refractivity contribution in [1.82, 2.24) is 40.0 Å². The molecule has 4 aliphatic heterocycles. The molecule has 4 saturated heterocycles. The molecule has 0 unspecified atom stereocenters. The lowest BCUT2D eigenvalue weighted by Gasteiger charge is -2.38. The van der Waals surface area contributed by atoms with Crippen LogP contribution in [-0.4, -0.2) is 143 Å². The molecule has 4 aromatic heterocycles. The number of pyridine rings is 2. The van der Waals surface area contributed by atoms with Crippen LogP contribution in [0.3, 0.4) is 0 Å². The Morgan fingerprint density at radius 1 is 0.642 bits per heavy atom. The number of amides is 5. The predicted molar refractivity (Wildman–Crippen MR) is 313 cm³/mol. The zero-order valence-electron chi connectivity index (χ0n) is 47.2. The number of piperidine rings is 4. The molecular weight excluding hydrogens is 1070 g/mol. The molecule has 8 atom stereocenters. The number of nitrogens with two attached hydrogens (primary N) is 2. The summed E-state index contributed by atoms with van der Waals surface area (Å²) in [5.41, 5.74) is 15.2. The van der Waals surface area contributed by atoms with E-state index in [1.54, 1.807) is 16.2 Å². The number of aromatic nitrogens is 4. The number of likely N-dealkylation sites (tertiary alicyclic amines) is 3. The van der Waals surface area contributed by atoms with E-state index in [0.717, 1.165) is 66.8 Å². The number of nitrogens with zero attached hydrogens (tertiary/aromatic N) is 7. The molecule has 0 spiro atoms. The number of rotatable bonds is 10. The van der Waals surface area contributed by atoms with Crippen LogP contribution >= 0.6 is 22.7 Å². The van der Waals surface area contributed by atoms with Crippen LogP contribution in [0.25, 0.3) is 20.4 Å². The Morgan fingerprint density at radius 3 is 1.60 bits per heavy atom. The molecule has 81 heavy (non-hydrogen) atoms. The Bertz CT molecular complexity index is 3270. The summed E-state index contributed by atoms with van der Waals surface area (Å²) in [6, 6.07) is 16.0. The number of thiazole rings is 2. The molecular formula is C58H74N12O9S2. The van der Waals surface area contributed by atoms with E-state index >= 15 is 0 Å². The van der Waals surface area contributed by atoms with Crippen molar-refractivity contribution in [1.29, 1.82) is 0 Å². The van der Waals surface area contributed by atoms with Crippen LogP contribution in [0.5, 0.6) is 11.8 Å². The molecule has 23 heteroatoms. The first kappa shape index (κ1) is 59.9. The number of hydrogen-bond acceptors (Lipinski definition) is 17. The highest BCUT2D eigenvalue weighted by molar-refractivity contribution is 7.19. The van der Waals surface area contributed by atoms with Crippen LogP contribution in [0.2, 0.25) is 0 Å². The number of carbonyl (C=O) groups excluding carboxylic acids is 5. The normalized spacial score (nSPS) is 23.2. The molecule has 6 aromatic rings. The predicted octanol–water partition coefficient (Wildman–Crippen LogP) is 7.42. The minimum atomic E-state index is -1.65. The van der Waals surface area contributed by atoms with Crippen molar-refractivity contribution in [3.8, 4) is 11.8 Å². The molecule has 0 aliphatic carbocycles. The summed E-state index contributed by atoms with van der Waals surface area (Å²) in [5.74, 6) is -2.43. The van der Waals surface area contributed by atoms with Gasteiger partial charge in [0.1, 0.15) is 11.1 Å². The number of nitrogens with one attached hydrogen (secondary N) is 3. The highest BCUT2D eigenvalue weighted by Crippen LogP contribution is 2.41. The lowest BCUT2D eigenvalue weighted by molar-refractivity contribution is -0.147. The maximum Gasteiger partial charge on any atom is 0.394 e. The summed E-state index contributed by atoms with van der Waals surface area (Å²) in [7, 11) is 7.06. The highest BCUT2D eigenvalue weighted by Gasteiger charge is 2.36. The van der Waals surface area contributed by atoms with Crippen LogP contribution in [-0.2, 0) is 19.2 Å². The number of anilines is 2. The summed E-state index contributed by atoms with van der Waals surface area (Å²) in [6.07, 6.45) is 9.09. The molecule has 8 heterocycles. The Morgan fingerprint density at radius 2 is 1.14 bits per heavy atom. The molecule has 0 saturated carbocycles. The van der Waals surface area contributed by atoms with Crippen LogP contribution < -0.4 is 36.9 Å². The van der Waals surface area contributed by atoms with Gasteiger partial charge in [0.15, 0.2) is 0 Å². The van der Waals surface area contributed by atoms with Gasteiger partial charge in [0.25, 0.3) is 11.8 Å². The van der Waals surface area contributed by atoms with E-state index in [2.05, 4.69) is 109 Å².